The molecule has 0 radical (unpaired) electrons. The van der Waals surface area contributed by atoms with Crippen LogP contribution in [0.25, 0.3) is 32.9 Å². The van der Waals surface area contributed by atoms with Gasteiger partial charge in [0, 0.05) is 27.6 Å². The fourth-order valence-electron chi connectivity index (χ4n) is 4.07. The Labute approximate surface area is 249 Å². The number of halogens is 1. The summed E-state index contributed by atoms with van der Waals surface area (Å²) in [5, 5.41) is 36.6. The molecule has 0 aliphatic rings. The molecule has 4 aromatic carbocycles. The maximum absolute atomic E-state index is 11.2. The number of aromatic nitrogens is 2. The molecule has 0 saturated heterocycles. The first-order valence-corrected chi connectivity index (χ1v) is 13.4. The quantitative estimate of drug-likeness (QED) is 0.185. The smallest absolute Gasteiger partial charge is 0.478 e. The van der Waals surface area contributed by atoms with Crippen LogP contribution >= 0.6 is 15.9 Å². The minimum absolute atomic E-state index is 0.274. The number of hydrogen-bond acceptors (Lipinski definition) is 6. The topological polar surface area (TPSA) is 141 Å². The fraction of sp³-hybridized carbons (Fsp3) is 0. The molecule has 2 aromatic heterocycles. The molecule has 42 heavy (non-hydrogen) atoms. The van der Waals surface area contributed by atoms with Gasteiger partial charge in [0.15, 0.2) is 0 Å². The molecular formula is C32H24BBrN2O6. The molecule has 4 N–H and O–H groups in total. The van der Waals surface area contributed by atoms with Crippen LogP contribution in [0.1, 0.15) is 20.7 Å². The maximum atomic E-state index is 11.2. The van der Waals surface area contributed by atoms with Crippen LogP contribution in [-0.4, -0.2) is 49.3 Å². The average molecular weight is 623 g/mol. The lowest BCUT2D eigenvalue weighted by Crippen LogP contribution is -2.29. The van der Waals surface area contributed by atoms with Crippen LogP contribution in [0.4, 0.5) is 0 Å². The van der Waals surface area contributed by atoms with Crippen molar-refractivity contribution < 1.29 is 29.9 Å². The van der Waals surface area contributed by atoms with Crippen molar-refractivity contribution >= 4 is 62.3 Å². The first kappa shape index (κ1) is 30.1. The highest BCUT2D eigenvalue weighted by atomic mass is 79.9. The zero-order valence-electron chi connectivity index (χ0n) is 22.0. The van der Waals surface area contributed by atoms with Gasteiger partial charge in [-0.15, -0.1) is 0 Å². The Morgan fingerprint density at radius 3 is 1.60 bits per heavy atom. The van der Waals surface area contributed by atoms with Crippen molar-refractivity contribution in [2.24, 2.45) is 0 Å². The third-order valence-corrected chi connectivity index (χ3v) is 6.60. The van der Waals surface area contributed by atoms with Gasteiger partial charge in [-0.25, -0.2) is 9.59 Å². The number of rotatable bonds is 4. The Bertz CT molecular complexity index is 1840. The Kier molecular flexibility index (Phi) is 10.1. The van der Waals surface area contributed by atoms with Crippen LogP contribution in [-0.2, 0) is 0 Å². The molecular weight excluding hydrogens is 599 g/mol. The highest BCUT2D eigenvalue weighted by Gasteiger charge is 2.10. The Morgan fingerprint density at radius 1 is 0.595 bits per heavy atom. The van der Waals surface area contributed by atoms with E-state index in [0.717, 1.165) is 15.6 Å². The summed E-state index contributed by atoms with van der Waals surface area (Å²) in [6.07, 6.45) is 3.02. The Hall–Kier alpha value is -4.90. The average Bonchev–Trinajstić information content (AvgIpc) is 3.01. The lowest BCUT2D eigenvalue weighted by atomic mass is 9.81. The van der Waals surface area contributed by atoms with Crippen molar-refractivity contribution in [3.05, 3.63) is 137 Å². The third-order valence-electron chi connectivity index (χ3n) is 6.11. The van der Waals surface area contributed by atoms with Gasteiger partial charge in [0.05, 0.1) is 22.2 Å². The van der Waals surface area contributed by atoms with Crippen LogP contribution in [0.2, 0.25) is 0 Å². The van der Waals surface area contributed by atoms with Gasteiger partial charge in [-0.05, 0) is 59.1 Å². The zero-order chi connectivity index (χ0) is 30.1. The number of hydrogen-bond donors (Lipinski definition) is 4. The first-order valence-electron chi connectivity index (χ1n) is 12.6. The summed E-state index contributed by atoms with van der Waals surface area (Å²) in [4.78, 5) is 30.4. The minimum Gasteiger partial charge on any atom is -0.478 e. The molecule has 0 spiro atoms. The Morgan fingerprint density at radius 2 is 1.10 bits per heavy atom. The van der Waals surface area contributed by atoms with E-state index in [1.54, 1.807) is 36.4 Å². The highest BCUT2D eigenvalue weighted by molar-refractivity contribution is 9.10. The fourth-order valence-corrected chi connectivity index (χ4v) is 4.43. The van der Waals surface area contributed by atoms with Crippen LogP contribution < -0.4 is 5.46 Å². The van der Waals surface area contributed by atoms with Crippen molar-refractivity contribution in [2.45, 2.75) is 0 Å². The van der Waals surface area contributed by atoms with Crippen LogP contribution in [0.15, 0.2) is 126 Å². The van der Waals surface area contributed by atoms with Gasteiger partial charge < -0.3 is 20.3 Å². The van der Waals surface area contributed by atoms with Gasteiger partial charge in [0.25, 0.3) is 0 Å². The molecule has 8 nitrogen and oxygen atoms in total. The predicted octanol–water partition coefficient (Wildman–Crippen LogP) is 5.66. The van der Waals surface area contributed by atoms with Crippen LogP contribution in [0.3, 0.4) is 0 Å². The van der Waals surface area contributed by atoms with E-state index in [0.29, 0.717) is 27.3 Å². The monoisotopic (exact) mass is 622 g/mol. The summed E-state index contributed by atoms with van der Waals surface area (Å²) in [6.45, 7) is 0. The second-order valence-electron chi connectivity index (χ2n) is 8.87. The van der Waals surface area contributed by atoms with E-state index in [2.05, 4.69) is 25.9 Å². The largest absolute Gasteiger partial charge is 0.488 e. The van der Waals surface area contributed by atoms with E-state index in [9.17, 15) is 14.7 Å². The summed E-state index contributed by atoms with van der Waals surface area (Å²) < 4.78 is 0.848. The van der Waals surface area contributed by atoms with E-state index < -0.39 is 19.1 Å². The van der Waals surface area contributed by atoms with Gasteiger partial charge in [-0.3, -0.25) is 9.97 Å². The van der Waals surface area contributed by atoms with Gasteiger partial charge in [0.1, 0.15) is 0 Å². The molecule has 2 heterocycles. The second-order valence-corrected chi connectivity index (χ2v) is 9.79. The SMILES string of the molecule is O=C(O)c1ccnc2ccc(-c3ccccc3)cc12.O=C(O)c1ccnc2ccc(Br)cc12.OB(O)c1ccccc1. The van der Waals surface area contributed by atoms with Crippen molar-refractivity contribution in [2.75, 3.05) is 0 Å². The highest BCUT2D eigenvalue weighted by Crippen LogP contribution is 2.25. The molecule has 0 bridgehead atoms. The van der Waals surface area contributed by atoms with Crippen LogP contribution in [0, 0.1) is 0 Å². The number of fused-ring (bicyclic) bond motifs is 2. The summed E-state index contributed by atoms with van der Waals surface area (Å²) in [6, 6.07) is 32.6. The van der Waals surface area contributed by atoms with Gasteiger partial charge in [-0.2, -0.15) is 0 Å². The lowest BCUT2D eigenvalue weighted by molar-refractivity contribution is 0.0688. The molecule has 0 aliphatic heterocycles. The van der Waals surface area contributed by atoms with Gasteiger partial charge >= 0.3 is 19.1 Å². The minimum atomic E-state index is -1.34. The molecule has 208 valence electrons. The molecule has 0 fully saturated rings. The number of nitrogens with zero attached hydrogens (tertiary/aromatic N) is 2. The van der Waals surface area contributed by atoms with Gasteiger partial charge in [0.2, 0.25) is 0 Å². The predicted molar refractivity (Wildman–Crippen MR) is 167 cm³/mol. The first-order chi connectivity index (χ1) is 20.2. The Balaban J connectivity index is 0.000000155. The molecule has 0 aliphatic carbocycles. The number of carboxylic acids is 2. The number of carbonyl (C=O) groups is 2. The lowest BCUT2D eigenvalue weighted by Gasteiger charge is -2.05. The molecule has 10 heteroatoms. The van der Waals surface area contributed by atoms with Crippen molar-refractivity contribution in [1.82, 2.24) is 9.97 Å². The molecule has 0 saturated carbocycles. The van der Waals surface area contributed by atoms with E-state index in [1.165, 1.54) is 24.5 Å². The zero-order valence-corrected chi connectivity index (χ0v) is 23.6. The molecule has 6 rings (SSSR count). The van der Waals surface area contributed by atoms with E-state index >= 15 is 0 Å². The molecule has 0 atom stereocenters. The van der Waals surface area contributed by atoms with Crippen LogP contribution in [0.5, 0.6) is 0 Å². The summed E-state index contributed by atoms with van der Waals surface area (Å²) >= 11 is 3.29. The standard InChI is InChI=1S/C16H11NO2.C10H6BrNO2.C6H7BO2/c18-16(19)13-8-9-17-15-7-6-12(10-14(13)15)11-4-2-1-3-5-11;11-6-1-2-9-8(5-6)7(10(13)14)3-4-12-9;8-7(9)6-4-2-1-3-5-6/h1-10H,(H,18,19);1-5H,(H,13,14);1-5,8-9H. The summed E-state index contributed by atoms with van der Waals surface area (Å²) in [5.41, 5.74) is 4.51. The normalized spacial score (nSPS) is 10.2. The van der Waals surface area contributed by atoms with E-state index in [4.69, 9.17) is 15.2 Å². The molecule has 6 aromatic rings. The maximum Gasteiger partial charge on any atom is 0.488 e. The van der Waals surface area contributed by atoms with Crippen molar-refractivity contribution in [1.29, 1.82) is 0 Å². The molecule has 0 unspecified atom stereocenters. The van der Waals surface area contributed by atoms with Crippen molar-refractivity contribution in [3.63, 3.8) is 0 Å². The van der Waals surface area contributed by atoms with Crippen molar-refractivity contribution in [3.8, 4) is 11.1 Å². The van der Waals surface area contributed by atoms with E-state index in [-0.39, 0.29) is 11.1 Å². The third kappa shape index (κ3) is 7.64. The molecule has 0 amide bonds. The summed E-state index contributed by atoms with van der Waals surface area (Å²) in [5.74, 6) is -1.87. The summed E-state index contributed by atoms with van der Waals surface area (Å²) in [7, 11) is -1.34. The second kappa shape index (κ2) is 14.1. The number of benzene rings is 4. The number of carboxylic acid groups (broad SMARTS) is 2. The number of pyridine rings is 2. The van der Waals surface area contributed by atoms with E-state index in [1.807, 2.05) is 60.7 Å². The number of aromatic carboxylic acids is 2. The van der Waals surface area contributed by atoms with Gasteiger partial charge in [-0.1, -0.05) is 82.7 Å².